The van der Waals surface area contributed by atoms with Gasteiger partial charge in [-0.05, 0) is 30.9 Å². The molecule has 1 aliphatic heterocycles. The lowest BCUT2D eigenvalue weighted by Gasteiger charge is -2.22. The number of ether oxygens (including phenoxy) is 1. The lowest BCUT2D eigenvalue weighted by molar-refractivity contribution is 0.0723. The highest BCUT2D eigenvalue weighted by Crippen LogP contribution is 2.26. The molecule has 0 amide bonds. The number of aliphatic hydroxyl groups is 1. The van der Waals surface area contributed by atoms with Crippen molar-refractivity contribution in [1.82, 2.24) is 0 Å². The first-order valence-corrected chi connectivity index (χ1v) is 9.90. The maximum atomic E-state index is 12.5. The zero-order valence-corrected chi connectivity index (χ0v) is 13.1. The molecule has 0 bridgehead atoms. The maximum Gasteiger partial charge on any atom is 0.203 e. The summed E-state index contributed by atoms with van der Waals surface area (Å²) >= 11 is 0. The highest BCUT2D eigenvalue weighted by Gasteiger charge is 2.28. The van der Waals surface area contributed by atoms with E-state index in [2.05, 4.69) is 0 Å². The van der Waals surface area contributed by atoms with Crippen LogP contribution in [0.5, 0.6) is 0 Å². The van der Waals surface area contributed by atoms with Crippen molar-refractivity contribution in [1.29, 1.82) is 0 Å². The molecule has 0 atom stereocenters. The van der Waals surface area contributed by atoms with Gasteiger partial charge in [-0.15, -0.1) is 0 Å². The fourth-order valence-electron chi connectivity index (χ4n) is 2.35. The minimum atomic E-state index is -4.00. The topological polar surface area (TPSA) is 97.7 Å². The summed E-state index contributed by atoms with van der Waals surface area (Å²) in [5, 5.41) is 8.96. The number of benzene rings is 1. The molecule has 1 heterocycles. The highest BCUT2D eigenvalue weighted by molar-refractivity contribution is 7.94. The molecule has 0 aliphatic carbocycles. The van der Waals surface area contributed by atoms with Gasteiger partial charge in [-0.2, -0.15) is 0 Å². The highest BCUT2D eigenvalue weighted by atomic mass is 32.2. The first-order valence-electron chi connectivity index (χ1n) is 6.60. The molecule has 118 valence electrons. The van der Waals surface area contributed by atoms with Gasteiger partial charge in [-0.25, -0.2) is 16.8 Å². The van der Waals surface area contributed by atoms with E-state index in [1.807, 2.05) is 0 Å². The van der Waals surface area contributed by atoms with Crippen LogP contribution in [0.15, 0.2) is 34.1 Å². The summed E-state index contributed by atoms with van der Waals surface area (Å²) in [5.41, 5.74) is 0. The van der Waals surface area contributed by atoms with Gasteiger partial charge in [0.1, 0.15) is 5.94 Å². The number of sulfone groups is 2. The van der Waals surface area contributed by atoms with E-state index in [1.54, 1.807) is 0 Å². The predicted octanol–water partition coefficient (Wildman–Crippen LogP) is 0.610. The molecule has 1 aromatic carbocycles. The van der Waals surface area contributed by atoms with Crippen LogP contribution in [0.4, 0.5) is 0 Å². The Morgan fingerprint density at radius 1 is 1.00 bits per heavy atom. The van der Waals surface area contributed by atoms with E-state index >= 15 is 0 Å². The second kappa shape index (κ2) is 6.43. The van der Waals surface area contributed by atoms with E-state index in [9.17, 15) is 16.8 Å². The Morgan fingerprint density at radius 3 is 2.05 bits per heavy atom. The van der Waals surface area contributed by atoms with E-state index in [4.69, 9.17) is 9.84 Å². The van der Waals surface area contributed by atoms with Gasteiger partial charge in [0.15, 0.2) is 9.84 Å². The SMILES string of the molecule is O=S(=O)(CO)c1ccccc1S(=O)(=O)CC1CCOCC1. The minimum Gasteiger partial charge on any atom is -0.381 e. The molecule has 0 spiro atoms. The summed E-state index contributed by atoms with van der Waals surface area (Å²) in [6.07, 6.45) is 1.29. The average Bonchev–Trinajstić information content (AvgIpc) is 2.48. The van der Waals surface area contributed by atoms with Crippen molar-refractivity contribution in [3.8, 4) is 0 Å². The van der Waals surface area contributed by atoms with Crippen LogP contribution in [0, 0.1) is 5.92 Å². The van der Waals surface area contributed by atoms with Crippen LogP contribution in [0.25, 0.3) is 0 Å². The maximum absolute atomic E-state index is 12.5. The van der Waals surface area contributed by atoms with E-state index in [0.29, 0.717) is 26.1 Å². The van der Waals surface area contributed by atoms with Crippen LogP contribution in [0.3, 0.4) is 0 Å². The Balaban J connectivity index is 2.36. The van der Waals surface area contributed by atoms with Crippen LogP contribution in [0.1, 0.15) is 12.8 Å². The fourth-order valence-corrected chi connectivity index (χ4v) is 5.70. The quantitative estimate of drug-likeness (QED) is 0.847. The molecule has 1 fully saturated rings. The zero-order valence-electron chi connectivity index (χ0n) is 11.4. The first-order chi connectivity index (χ1) is 9.87. The molecular formula is C13H18O6S2. The van der Waals surface area contributed by atoms with Gasteiger partial charge in [0, 0.05) is 13.2 Å². The first kappa shape index (κ1) is 16.4. The summed E-state index contributed by atoms with van der Waals surface area (Å²) in [6.45, 7) is 1.05. The molecule has 8 heteroatoms. The molecule has 0 saturated carbocycles. The third-order valence-corrected chi connectivity index (χ3v) is 6.92. The molecule has 1 N–H and O–H groups in total. The third kappa shape index (κ3) is 3.82. The van der Waals surface area contributed by atoms with Gasteiger partial charge in [-0.1, -0.05) is 12.1 Å². The van der Waals surface area contributed by atoms with Crippen molar-refractivity contribution >= 4 is 19.7 Å². The Kier molecular flexibility index (Phi) is 5.03. The van der Waals surface area contributed by atoms with Crippen molar-refractivity contribution in [3.05, 3.63) is 24.3 Å². The zero-order chi connectivity index (χ0) is 15.5. The Hall–Kier alpha value is -0.960. The van der Waals surface area contributed by atoms with Crippen molar-refractivity contribution in [2.75, 3.05) is 24.9 Å². The molecule has 0 radical (unpaired) electrons. The second-order valence-corrected chi connectivity index (χ2v) is 8.96. The summed E-state index contributed by atoms with van der Waals surface area (Å²) in [4.78, 5) is -0.565. The molecule has 1 aromatic rings. The predicted molar refractivity (Wildman–Crippen MR) is 76.3 cm³/mol. The van der Waals surface area contributed by atoms with E-state index < -0.39 is 25.6 Å². The minimum absolute atomic E-state index is 0.0337. The molecule has 21 heavy (non-hydrogen) atoms. The lowest BCUT2D eigenvalue weighted by Crippen LogP contribution is -2.24. The summed E-state index contributed by atoms with van der Waals surface area (Å²) in [6, 6.07) is 5.41. The Bertz CT molecular complexity index is 687. The standard InChI is InChI=1S/C13H18O6S2/c14-10-21(17,18)13-4-2-1-3-12(13)20(15,16)9-11-5-7-19-8-6-11/h1-4,11,14H,5-10H2. The van der Waals surface area contributed by atoms with Crippen molar-refractivity contribution in [2.24, 2.45) is 5.92 Å². The van der Waals surface area contributed by atoms with Crippen molar-refractivity contribution in [3.63, 3.8) is 0 Å². The van der Waals surface area contributed by atoms with Crippen LogP contribution in [-0.4, -0.2) is 46.8 Å². The lowest BCUT2D eigenvalue weighted by atomic mass is 10.0. The van der Waals surface area contributed by atoms with Crippen LogP contribution in [-0.2, 0) is 24.4 Å². The molecule has 1 aliphatic rings. The van der Waals surface area contributed by atoms with Gasteiger partial charge in [0.2, 0.25) is 9.84 Å². The molecule has 0 aromatic heterocycles. The fraction of sp³-hybridized carbons (Fsp3) is 0.538. The number of rotatable bonds is 5. The third-order valence-electron chi connectivity index (χ3n) is 3.49. The normalized spacial score (nSPS) is 17.8. The Morgan fingerprint density at radius 2 is 1.52 bits per heavy atom. The van der Waals surface area contributed by atoms with Gasteiger partial charge < -0.3 is 9.84 Å². The number of hydrogen-bond donors (Lipinski definition) is 1. The molecule has 1 saturated heterocycles. The van der Waals surface area contributed by atoms with Crippen LogP contribution < -0.4 is 0 Å². The van der Waals surface area contributed by atoms with Crippen LogP contribution in [0.2, 0.25) is 0 Å². The smallest absolute Gasteiger partial charge is 0.203 e. The van der Waals surface area contributed by atoms with Gasteiger partial charge in [0.25, 0.3) is 0 Å². The summed E-state index contributed by atoms with van der Waals surface area (Å²) in [7, 11) is -7.73. The van der Waals surface area contributed by atoms with E-state index in [-0.39, 0.29) is 21.5 Å². The van der Waals surface area contributed by atoms with E-state index in [0.717, 1.165) is 0 Å². The number of aliphatic hydroxyl groups excluding tert-OH is 1. The van der Waals surface area contributed by atoms with Gasteiger partial charge in [0.05, 0.1) is 15.5 Å². The summed E-state index contributed by atoms with van der Waals surface area (Å²) in [5.74, 6) is -1.25. The van der Waals surface area contributed by atoms with Gasteiger partial charge in [-0.3, -0.25) is 0 Å². The monoisotopic (exact) mass is 334 g/mol. The second-order valence-electron chi connectivity index (χ2n) is 5.03. The molecular weight excluding hydrogens is 316 g/mol. The van der Waals surface area contributed by atoms with E-state index in [1.165, 1.54) is 24.3 Å². The average molecular weight is 334 g/mol. The molecule has 2 rings (SSSR count). The molecule has 6 nitrogen and oxygen atoms in total. The van der Waals surface area contributed by atoms with Crippen molar-refractivity contribution in [2.45, 2.75) is 22.6 Å². The summed E-state index contributed by atoms with van der Waals surface area (Å²) < 4.78 is 53.8. The largest absolute Gasteiger partial charge is 0.381 e. The van der Waals surface area contributed by atoms with Gasteiger partial charge >= 0.3 is 0 Å². The number of hydrogen-bond acceptors (Lipinski definition) is 6. The molecule has 0 unspecified atom stereocenters. The van der Waals surface area contributed by atoms with Crippen molar-refractivity contribution < 1.29 is 26.7 Å². The van der Waals surface area contributed by atoms with Crippen LogP contribution >= 0.6 is 0 Å². The Labute approximate surface area is 124 Å².